The molecule has 0 saturated carbocycles. The summed E-state index contributed by atoms with van der Waals surface area (Å²) in [6, 6.07) is 10.8. The van der Waals surface area contributed by atoms with E-state index in [9.17, 15) is 14.4 Å². The SMILES string of the molecule is CCCCOC(=O)CCN1C(=O)N[C@@](C)(c2ccc3cc(OC)ccc3c2)C1=O. The number of carbonyl (C=O) groups is 3. The van der Waals surface area contributed by atoms with Crippen LogP contribution in [0.25, 0.3) is 10.8 Å². The third-order valence-corrected chi connectivity index (χ3v) is 5.20. The number of hydrogen-bond acceptors (Lipinski definition) is 5. The predicted octanol–water partition coefficient (Wildman–Crippen LogP) is 3.35. The van der Waals surface area contributed by atoms with Crippen molar-refractivity contribution in [2.24, 2.45) is 0 Å². The van der Waals surface area contributed by atoms with Gasteiger partial charge < -0.3 is 14.8 Å². The molecular formula is C22H26N2O5. The van der Waals surface area contributed by atoms with Gasteiger partial charge in [-0.05, 0) is 47.9 Å². The van der Waals surface area contributed by atoms with E-state index >= 15 is 0 Å². The minimum Gasteiger partial charge on any atom is -0.497 e. The molecule has 0 unspecified atom stereocenters. The third-order valence-electron chi connectivity index (χ3n) is 5.20. The maximum atomic E-state index is 13.0. The van der Waals surface area contributed by atoms with Crippen molar-refractivity contribution in [1.29, 1.82) is 0 Å². The van der Waals surface area contributed by atoms with E-state index in [2.05, 4.69) is 5.32 Å². The highest BCUT2D eigenvalue weighted by atomic mass is 16.5. The third kappa shape index (κ3) is 4.18. The summed E-state index contributed by atoms with van der Waals surface area (Å²) in [4.78, 5) is 38.3. The molecular weight excluding hydrogens is 372 g/mol. The first kappa shape index (κ1) is 20.6. The first-order chi connectivity index (χ1) is 13.9. The fourth-order valence-electron chi connectivity index (χ4n) is 3.36. The van der Waals surface area contributed by atoms with Crippen molar-refractivity contribution < 1.29 is 23.9 Å². The Morgan fingerprint density at radius 1 is 1.14 bits per heavy atom. The van der Waals surface area contributed by atoms with Gasteiger partial charge in [-0.1, -0.05) is 31.5 Å². The summed E-state index contributed by atoms with van der Waals surface area (Å²) in [7, 11) is 1.61. The van der Waals surface area contributed by atoms with Crippen molar-refractivity contribution in [3.05, 3.63) is 42.0 Å². The van der Waals surface area contributed by atoms with Crippen LogP contribution < -0.4 is 10.1 Å². The Labute approximate surface area is 170 Å². The second-order valence-corrected chi connectivity index (χ2v) is 7.26. The van der Waals surface area contributed by atoms with E-state index in [-0.39, 0.29) is 18.9 Å². The average Bonchev–Trinajstić information content (AvgIpc) is 2.94. The van der Waals surface area contributed by atoms with Gasteiger partial charge in [0.2, 0.25) is 0 Å². The molecule has 1 aliphatic rings. The Bertz CT molecular complexity index is 942. The number of nitrogens with one attached hydrogen (secondary N) is 1. The number of urea groups is 1. The molecule has 0 radical (unpaired) electrons. The van der Waals surface area contributed by atoms with Crippen LogP contribution in [0.4, 0.5) is 4.79 Å². The van der Waals surface area contributed by atoms with E-state index < -0.39 is 17.5 Å². The van der Waals surface area contributed by atoms with Crippen LogP contribution in [0.1, 0.15) is 38.7 Å². The number of methoxy groups -OCH3 is 1. The molecule has 0 bridgehead atoms. The number of unbranched alkanes of at least 4 members (excludes halogenated alkanes) is 1. The van der Waals surface area contributed by atoms with Gasteiger partial charge >= 0.3 is 12.0 Å². The highest BCUT2D eigenvalue weighted by Crippen LogP contribution is 2.32. The van der Waals surface area contributed by atoms with Gasteiger partial charge in [-0.15, -0.1) is 0 Å². The Morgan fingerprint density at radius 3 is 2.59 bits per heavy atom. The molecule has 1 aliphatic heterocycles. The Kier molecular flexibility index (Phi) is 6.06. The van der Waals surface area contributed by atoms with Crippen molar-refractivity contribution in [3.63, 3.8) is 0 Å². The molecule has 2 aromatic carbocycles. The standard InChI is InChI=1S/C22H26N2O5/c1-4-5-12-29-19(25)10-11-24-20(26)22(2,23-21(24)27)17-8-6-16-14-18(28-3)9-7-15(16)13-17/h6-9,13-14H,4-5,10-12H2,1-3H3,(H,23,27)/t22-/m0/s1. The molecule has 1 atom stereocenters. The minimum absolute atomic E-state index is 0.00397. The maximum absolute atomic E-state index is 13.0. The average molecular weight is 398 g/mol. The number of imide groups is 1. The number of rotatable bonds is 8. The van der Waals surface area contributed by atoms with E-state index in [1.54, 1.807) is 14.0 Å². The molecule has 3 rings (SSSR count). The van der Waals surface area contributed by atoms with E-state index in [1.165, 1.54) is 0 Å². The largest absolute Gasteiger partial charge is 0.497 e. The van der Waals surface area contributed by atoms with Gasteiger partial charge in [0, 0.05) is 6.54 Å². The highest BCUT2D eigenvalue weighted by Gasteiger charge is 2.48. The van der Waals surface area contributed by atoms with Crippen LogP contribution in [0.5, 0.6) is 5.75 Å². The van der Waals surface area contributed by atoms with Gasteiger partial charge in [-0.3, -0.25) is 14.5 Å². The van der Waals surface area contributed by atoms with Crippen molar-refractivity contribution in [3.8, 4) is 5.75 Å². The summed E-state index contributed by atoms with van der Waals surface area (Å²) in [5.41, 5.74) is -0.501. The molecule has 1 saturated heterocycles. The molecule has 2 aromatic rings. The predicted molar refractivity (Wildman–Crippen MR) is 109 cm³/mol. The molecule has 1 heterocycles. The minimum atomic E-state index is -1.18. The van der Waals surface area contributed by atoms with Crippen LogP contribution in [0.15, 0.2) is 36.4 Å². The number of fused-ring (bicyclic) bond motifs is 1. The first-order valence-corrected chi connectivity index (χ1v) is 9.77. The number of nitrogens with zero attached hydrogens (tertiary/aromatic N) is 1. The molecule has 1 N–H and O–H groups in total. The van der Waals surface area contributed by atoms with Gasteiger partial charge in [0.25, 0.3) is 5.91 Å². The van der Waals surface area contributed by atoms with Crippen molar-refractivity contribution in [2.75, 3.05) is 20.3 Å². The van der Waals surface area contributed by atoms with E-state index in [0.29, 0.717) is 12.2 Å². The second-order valence-electron chi connectivity index (χ2n) is 7.26. The first-order valence-electron chi connectivity index (χ1n) is 9.77. The fourth-order valence-corrected chi connectivity index (χ4v) is 3.36. The lowest BCUT2D eigenvalue weighted by Crippen LogP contribution is -2.41. The van der Waals surface area contributed by atoms with Gasteiger partial charge in [0.1, 0.15) is 11.3 Å². The quantitative estimate of drug-likeness (QED) is 0.419. The van der Waals surface area contributed by atoms with Crippen molar-refractivity contribution in [1.82, 2.24) is 10.2 Å². The summed E-state index contributed by atoms with van der Waals surface area (Å²) in [5, 5.41) is 4.68. The van der Waals surface area contributed by atoms with Crippen LogP contribution >= 0.6 is 0 Å². The fraction of sp³-hybridized carbons (Fsp3) is 0.409. The molecule has 7 nitrogen and oxygen atoms in total. The number of hydrogen-bond donors (Lipinski definition) is 1. The summed E-state index contributed by atoms with van der Waals surface area (Å²) in [6.07, 6.45) is 1.70. The van der Waals surface area contributed by atoms with Crippen LogP contribution in [0.3, 0.4) is 0 Å². The molecule has 0 aromatic heterocycles. The molecule has 0 spiro atoms. The number of benzene rings is 2. The van der Waals surface area contributed by atoms with Crippen LogP contribution in [-0.4, -0.2) is 43.1 Å². The van der Waals surface area contributed by atoms with E-state index in [0.717, 1.165) is 34.3 Å². The molecule has 3 amide bonds. The molecule has 7 heteroatoms. The number of carbonyl (C=O) groups excluding carboxylic acids is 3. The summed E-state index contributed by atoms with van der Waals surface area (Å²) < 4.78 is 10.3. The van der Waals surface area contributed by atoms with Crippen LogP contribution in [0.2, 0.25) is 0 Å². The molecule has 29 heavy (non-hydrogen) atoms. The van der Waals surface area contributed by atoms with Crippen LogP contribution in [-0.2, 0) is 19.9 Å². The number of esters is 1. The zero-order valence-corrected chi connectivity index (χ0v) is 17.0. The highest BCUT2D eigenvalue weighted by molar-refractivity contribution is 6.07. The lowest BCUT2D eigenvalue weighted by atomic mass is 9.90. The monoisotopic (exact) mass is 398 g/mol. The lowest BCUT2D eigenvalue weighted by Gasteiger charge is -2.22. The van der Waals surface area contributed by atoms with Gasteiger partial charge in [0.05, 0.1) is 20.1 Å². The Morgan fingerprint density at radius 2 is 1.86 bits per heavy atom. The zero-order chi connectivity index (χ0) is 21.0. The van der Waals surface area contributed by atoms with Crippen molar-refractivity contribution in [2.45, 2.75) is 38.6 Å². The van der Waals surface area contributed by atoms with Gasteiger partial charge in [-0.2, -0.15) is 0 Å². The zero-order valence-electron chi connectivity index (χ0n) is 17.0. The lowest BCUT2D eigenvalue weighted by molar-refractivity contribution is -0.144. The van der Waals surface area contributed by atoms with Gasteiger partial charge in [0.15, 0.2) is 0 Å². The summed E-state index contributed by atoms with van der Waals surface area (Å²) in [6.45, 7) is 4.04. The summed E-state index contributed by atoms with van der Waals surface area (Å²) >= 11 is 0. The number of ether oxygens (including phenoxy) is 2. The normalized spacial score (nSPS) is 18.8. The summed E-state index contributed by atoms with van der Waals surface area (Å²) in [5.74, 6) is -0.0391. The van der Waals surface area contributed by atoms with Crippen LogP contribution in [0, 0.1) is 0 Å². The van der Waals surface area contributed by atoms with E-state index in [4.69, 9.17) is 9.47 Å². The molecule has 0 aliphatic carbocycles. The van der Waals surface area contributed by atoms with E-state index in [1.807, 2.05) is 43.3 Å². The van der Waals surface area contributed by atoms with Gasteiger partial charge in [-0.25, -0.2) is 4.79 Å². The Balaban J connectivity index is 1.74. The smallest absolute Gasteiger partial charge is 0.325 e. The van der Waals surface area contributed by atoms with Crippen molar-refractivity contribution >= 4 is 28.7 Å². The second kappa shape index (κ2) is 8.51. The molecule has 154 valence electrons. The Hall–Kier alpha value is -3.09. The molecule has 1 fully saturated rings. The maximum Gasteiger partial charge on any atom is 0.325 e. The number of amides is 3. The topological polar surface area (TPSA) is 84.9 Å².